The second-order valence-corrected chi connectivity index (χ2v) is 5.99. The first-order valence-corrected chi connectivity index (χ1v) is 7.76. The van der Waals surface area contributed by atoms with Crippen LogP contribution in [0.4, 0.5) is 0 Å². The molecule has 2 aromatic carbocycles. The molecule has 0 bridgehead atoms. The number of halogens is 2. The van der Waals surface area contributed by atoms with Crippen molar-refractivity contribution in [2.24, 2.45) is 0 Å². The number of benzene rings is 2. The van der Waals surface area contributed by atoms with Crippen molar-refractivity contribution in [1.82, 2.24) is 4.90 Å². The molecule has 7 heteroatoms. The number of ether oxygens (including phenoxy) is 1. The van der Waals surface area contributed by atoms with Crippen molar-refractivity contribution in [3.05, 3.63) is 63.6 Å². The normalized spacial score (nSPS) is 10.3. The van der Waals surface area contributed by atoms with Gasteiger partial charge < -0.3 is 14.7 Å². The Balaban J connectivity index is 1.91. The molecule has 0 radical (unpaired) electrons. The highest BCUT2D eigenvalue weighted by atomic mass is 35.5. The van der Waals surface area contributed by atoms with Crippen LogP contribution in [-0.2, 0) is 16.1 Å². The van der Waals surface area contributed by atoms with E-state index < -0.39 is 12.6 Å². The van der Waals surface area contributed by atoms with Crippen LogP contribution in [0.3, 0.4) is 0 Å². The Morgan fingerprint density at radius 2 is 1.71 bits per heavy atom. The average Bonchev–Trinajstić information content (AvgIpc) is 2.56. The molecule has 1 amide bonds. The quantitative estimate of drug-likeness (QED) is 0.821. The lowest BCUT2D eigenvalue weighted by molar-refractivity contribution is -0.133. The van der Waals surface area contributed by atoms with Crippen molar-refractivity contribution < 1.29 is 19.4 Å². The SMILES string of the molecule is CN(Cc1ccc(Cl)cc1)C(=O)COC(=O)c1cc(Cl)ccc1O. The van der Waals surface area contributed by atoms with Gasteiger partial charge in [0, 0.05) is 23.6 Å². The zero-order chi connectivity index (χ0) is 17.7. The van der Waals surface area contributed by atoms with Gasteiger partial charge in [-0.1, -0.05) is 35.3 Å². The molecule has 0 heterocycles. The highest BCUT2D eigenvalue weighted by Crippen LogP contribution is 2.22. The topological polar surface area (TPSA) is 66.8 Å². The van der Waals surface area contributed by atoms with Crippen LogP contribution in [-0.4, -0.2) is 35.5 Å². The summed E-state index contributed by atoms with van der Waals surface area (Å²) in [7, 11) is 1.60. The number of hydrogen-bond donors (Lipinski definition) is 1. The lowest BCUT2D eigenvalue weighted by Gasteiger charge is -2.17. The largest absolute Gasteiger partial charge is 0.507 e. The molecule has 0 aliphatic carbocycles. The second kappa shape index (κ2) is 8.04. The molecule has 24 heavy (non-hydrogen) atoms. The van der Waals surface area contributed by atoms with Gasteiger partial charge in [-0.3, -0.25) is 4.79 Å². The second-order valence-electron chi connectivity index (χ2n) is 5.11. The van der Waals surface area contributed by atoms with Crippen LogP contribution in [0.25, 0.3) is 0 Å². The number of carbonyl (C=O) groups is 2. The molecule has 1 N–H and O–H groups in total. The van der Waals surface area contributed by atoms with E-state index in [-0.39, 0.29) is 22.2 Å². The van der Waals surface area contributed by atoms with Gasteiger partial charge in [-0.15, -0.1) is 0 Å². The number of esters is 1. The average molecular weight is 368 g/mol. The third-order valence-corrected chi connectivity index (χ3v) is 3.75. The van der Waals surface area contributed by atoms with Gasteiger partial charge in [0.2, 0.25) is 0 Å². The minimum absolute atomic E-state index is 0.0874. The van der Waals surface area contributed by atoms with E-state index in [2.05, 4.69) is 0 Å². The molecule has 0 fully saturated rings. The summed E-state index contributed by atoms with van der Waals surface area (Å²) in [5.41, 5.74) is 0.810. The molecule has 2 rings (SSSR count). The molecule has 0 aliphatic heterocycles. The predicted octanol–water partition coefficient (Wildman–Crippen LogP) is 3.51. The molecule has 2 aromatic rings. The van der Waals surface area contributed by atoms with E-state index in [1.54, 1.807) is 19.2 Å². The number of aromatic hydroxyl groups is 1. The maximum absolute atomic E-state index is 12.0. The van der Waals surface area contributed by atoms with E-state index >= 15 is 0 Å². The Bertz CT molecular complexity index is 747. The van der Waals surface area contributed by atoms with Gasteiger partial charge in [0.1, 0.15) is 11.3 Å². The minimum Gasteiger partial charge on any atom is -0.507 e. The third kappa shape index (κ3) is 4.88. The van der Waals surface area contributed by atoms with E-state index in [0.29, 0.717) is 11.6 Å². The number of phenols is 1. The Morgan fingerprint density at radius 1 is 1.08 bits per heavy atom. The van der Waals surface area contributed by atoms with Gasteiger partial charge in [-0.25, -0.2) is 4.79 Å². The maximum atomic E-state index is 12.0. The standard InChI is InChI=1S/C17H15Cl2NO4/c1-20(9-11-2-4-12(18)5-3-11)16(22)10-24-17(23)14-8-13(19)6-7-15(14)21/h2-8,21H,9-10H2,1H3. The van der Waals surface area contributed by atoms with Crippen molar-refractivity contribution in [3.8, 4) is 5.75 Å². The van der Waals surface area contributed by atoms with E-state index in [1.807, 2.05) is 12.1 Å². The number of amides is 1. The fraction of sp³-hybridized carbons (Fsp3) is 0.176. The van der Waals surface area contributed by atoms with Crippen LogP contribution in [0, 0.1) is 0 Å². The van der Waals surface area contributed by atoms with E-state index in [0.717, 1.165) is 5.56 Å². The van der Waals surface area contributed by atoms with Crippen molar-refractivity contribution in [1.29, 1.82) is 0 Å². The number of carbonyl (C=O) groups excluding carboxylic acids is 2. The van der Waals surface area contributed by atoms with Crippen molar-refractivity contribution in [2.75, 3.05) is 13.7 Å². The number of nitrogens with zero attached hydrogens (tertiary/aromatic N) is 1. The molecule has 0 saturated heterocycles. The lowest BCUT2D eigenvalue weighted by atomic mass is 10.2. The molecule has 0 unspecified atom stereocenters. The highest BCUT2D eigenvalue weighted by Gasteiger charge is 2.17. The zero-order valence-corrected chi connectivity index (χ0v) is 14.3. The summed E-state index contributed by atoms with van der Waals surface area (Å²) in [6.45, 7) is -0.0785. The van der Waals surface area contributed by atoms with Crippen LogP contribution in [0.2, 0.25) is 10.0 Å². The maximum Gasteiger partial charge on any atom is 0.342 e. The van der Waals surface area contributed by atoms with Gasteiger partial charge in [0.05, 0.1) is 0 Å². The molecule has 0 saturated carbocycles. The molecule has 126 valence electrons. The molecule has 0 spiro atoms. The van der Waals surface area contributed by atoms with Crippen molar-refractivity contribution >= 4 is 35.1 Å². The Hall–Kier alpha value is -2.24. The van der Waals surface area contributed by atoms with Crippen LogP contribution < -0.4 is 0 Å². The minimum atomic E-state index is -0.816. The van der Waals surface area contributed by atoms with Crippen LogP contribution >= 0.6 is 23.2 Å². The number of likely N-dealkylation sites (N-methyl/N-ethyl adjacent to an activating group) is 1. The summed E-state index contributed by atoms with van der Waals surface area (Å²) in [6, 6.07) is 11.1. The Labute approximate surface area is 149 Å². The first kappa shape index (κ1) is 18.1. The fourth-order valence-corrected chi connectivity index (χ4v) is 2.24. The molecule has 0 aromatic heterocycles. The fourth-order valence-electron chi connectivity index (χ4n) is 1.94. The summed E-state index contributed by atoms with van der Waals surface area (Å²) >= 11 is 11.6. The lowest BCUT2D eigenvalue weighted by Crippen LogP contribution is -2.30. The zero-order valence-electron chi connectivity index (χ0n) is 12.8. The first-order valence-electron chi connectivity index (χ1n) is 7.01. The van der Waals surface area contributed by atoms with Gasteiger partial charge in [0.15, 0.2) is 6.61 Å². The summed E-state index contributed by atoms with van der Waals surface area (Å²) in [4.78, 5) is 25.4. The summed E-state index contributed by atoms with van der Waals surface area (Å²) in [6.07, 6.45) is 0. The number of hydrogen-bond acceptors (Lipinski definition) is 4. The Kier molecular flexibility index (Phi) is 6.06. The summed E-state index contributed by atoms with van der Waals surface area (Å²) < 4.78 is 4.93. The monoisotopic (exact) mass is 367 g/mol. The van der Waals surface area contributed by atoms with Crippen LogP contribution in [0.1, 0.15) is 15.9 Å². The summed E-state index contributed by atoms with van der Waals surface area (Å²) in [5, 5.41) is 10.5. The molecule has 0 atom stereocenters. The third-order valence-electron chi connectivity index (χ3n) is 3.26. The molecular weight excluding hydrogens is 353 g/mol. The molecule has 0 aliphatic rings. The highest BCUT2D eigenvalue weighted by molar-refractivity contribution is 6.31. The van der Waals surface area contributed by atoms with E-state index in [1.165, 1.54) is 23.1 Å². The smallest absolute Gasteiger partial charge is 0.342 e. The first-order chi connectivity index (χ1) is 11.4. The predicted molar refractivity (Wildman–Crippen MR) is 91.3 cm³/mol. The molecule has 5 nitrogen and oxygen atoms in total. The number of phenolic OH excluding ortho intramolecular Hbond substituents is 1. The van der Waals surface area contributed by atoms with Crippen molar-refractivity contribution in [3.63, 3.8) is 0 Å². The molecular formula is C17H15Cl2NO4. The van der Waals surface area contributed by atoms with Gasteiger partial charge in [-0.05, 0) is 35.9 Å². The van der Waals surface area contributed by atoms with E-state index in [4.69, 9.17) is 27.9 Å². The van der Waals surface area contributed by atoms with Gasteiger partial charge >= 0.3 is 5.97 Å². The van der Waals surface area contributed by atoms with E-state index in [9.17, 15) is 14.7 Å². The van der Waals surface area contributed by atoms with Crippen molar-refractivity contribution in [2.45, 2.75) is 6.54 Å². The summed E-state index contributed by atoms with van der Waals surface area (Å²) in [5.74, 6) is -1.45. The van der Waals surface area contributed by atoms with Gasteiger partial charge in [0.25, 0.3) is 5.91 Å². The van der Waals surface area contributed by atoms with Crippen LogP contribution in [0.5, 0.6) is 5.75 Å². The van der Waals surface area contributed by atoms with Gasteiger partial charge in [-0.2, -0.15) is 0 Å². The Morgan fingerprint density at radius 3 is 2.38 bits per heavy atom. The number of rotatable bonds is 5. The van der Waals surface area contributed by atoms with Crippen LogP contribution in [0.15, 0.2) is 42.5 Å².